The van der Waals surface area contributed by atoms with E-state index in [-0.39, 0.29) is 17.6 Å². The van der Waals surface area contributed by atoms with Crippen LogP contribution in [0.4, 0.5) is 0 Å². The maximum atomic E-state index is 12.7. The molecule has 0 spiro atoms. The average molecular weight is 363 g/mol. The number of ether oxygens (including phenoxy) is 1. The number of hydrogen-bond acceptors (Lipinski definition) is 3. The van der Waals surface area contributed by atoms with Gasteiger partial charge in [0.1, 0.15) is 11.9 Å². The molecular formula is C21H21N3O3. The van der Waals surface area contributed by atoms with Gasteiger partial charge in [-0.1, -0.05) is 18.2 Å². The lowest BCUT2D eigenvalue weighted by atomic mass is 10.1. The van der Waals surface area contributed by atoms with Crippen LogP contribution in [0.15, 0.2) is 47.4 Å². The molecule has 138 valence electrons. The molecule has 0 bridgehead atoms. The fourth-order valence-corrected chi connectivity index (χ4v) is 3.84. The van der Waals surface area contributed by atoms with E-state index in [0.29, 0.717) is 30.4 Å². The van der Waals surface area contributed by atoms with Gasteiger partial charge < -0.3 is 19.2 Å². The second-order valence-electron chi connectivity index (χ2n) is 7.47. The molecule has 1 saturated carbocycles. The molecule has 0 atom stereocenters. The predicted octanol–water partition coefficient (Wildman–Crippen LogP) is 2.88. The Bertz CT molecular complexity index is 1090. The summed E-state index contributed by atoms with van der Waals surface area (Å²) in [4.78, 5) is 29.9. The van der Waals surface area contributed by atoms with Gasteiger partial charge in [0.15, 0.2) is 0 Å². The van der Waals surface area contributed by atoms with Gasteiger partial charge in [0.05, 0.1) is 18.7 Å². The predicted molar refractivity (Wildman–Crippen MR) is 102 cm³/mol. The molecule has 1 aromatic carbocycles. The van der Waals surface area contributed by atoms with Crippen molar-refractivity contribution in [2.45, 2.75) is 31.9 Å². The van der Waals surface area contributed by atoms with E-state index in [9.17, 15) is 9.59 Å². The maximum Gasteiger partial charge on any atom is 0.256 e. The topological polar surface area (TPSA) is 67.3 Å². The van der Waals surface area contributed by atoms with Crippen molar-refractivity contribution < 1.29 is 9.53 Å². The lowest BCUT2D eigenvalue weighted by Gasteiger charge is -2.39. The third-order valence-electron chi connectivity index (χ3n) is 5.40. The number of pyridine rings is 1. The fraction of sp³-hybridized carbons (Fsp3) is 0.333. The summed E-state index contributed by atoms with van der Waals surface area (Å²) in [5.74, 6) is 0.603. The van der Waals surface area contributed by atoms with Crippen molar-refractivity contribution >= 4 is 16.8 Å². The molecule has 3 aromatic rings. The first-order valence-electron chi connectivity index (χ1n) is 9.35. The molecule has 5 rings (SSSR count). The monoisotopic (exact) mass is 363 g/mol. The van der Waals surface area contributed by atoms with Gasteiger partial charge in [-0.15, -0.1) is 0 Å². The average Bonchev–Trinajstić information content (AvgIpc) is 3.34. The Hall–Kier alpha value is -3.02. The van der Waals surface area contributed by atoms with Crippen LogP contribution in [0.1, 0.15) is 34.9 Å². The lowest BCUT2D eigenvalue weighted by molar-refractivity contribution is 0.0178. The molecule has 1 saturated heterocycles. The van der Waals surface area contributed by atoms with Gasteiger partial charge in [0.25, 0.3) is 11.5 Å². The molecule has 0 radical (unpaired) electrons. The molecule has 3 heterocycles. The summed E-state index contributed by atoms with van der Waals surface area (Å²) in [6, 6.07) is 11.6. The summed E-state index contributed by atoms with van der Waals surface area (Å²) in [6.07, 6.45) is 3.85. The highest BCUT2D eigenvalue weighted by Gasteiger charge is 2.34. The number of likely N-dealkylation sites (tertiary alicyclic amines) is 1. The molecule has 2 aromatic heterocycles. The molecule has 1 N–H and O–H groups in total. The summed E-state index contributed by atoms with van der Waals surface area (Å²) in [7, 11) is 0. The number of aryl methyl sites for hydroxylation is 1. The van der Waals surface area contributed by atoms with Gasteiger partial charge in [-0.05, 0) is 31.9 Å². The number of nitrogens with zero attached hydrogens (tertiary/aromatic N) is 2. The zero-order valence-electron chi connectivity index (χ0n) is 15.1. The molecule has 1 aliphatic carbocycles. The van der Waals surface area contributed by atoms with Crippen molar-refractivity contribution in [2.75, 3.05) is 13.1 Å². The number of amides is 1. The largest absolute Gasteiger partial charge is 0.486 e. The molecule has 1 aliphatic heterocycles. The minimum absolute atomic E-state index is 0.00134. The molecular weight excluding hydrogens is 342 g/mol. The molecule has 6 nitrogen and oxygen atoms in total. The van der Waals surface area contributed by atoms with Gasteiger partial charge in [0, 0.05) is 34.9 Å². The van der Waals surface area contributed by atoms with E-state index < -0.39 is 0 Å². The van der Waals surface area contributed by atoms with Crippen LogP contribution < -0.4 is 10.3 Å². The van der Waals surface area contributed by atoms with Crippen LogP contribution in [-0.4, -0.2) is 39.6 Å². The van der Waals surface area contributed by atoms with Crippen molar-refractivity contribution in [3.8, 4) is 5.75 Å². The highest BCUT2D eigenvalue weighted by molar-refractivity contribution is 6.06. The Balaban J connectivity index is 1.26. The highest BCUT2D eigenvalue weighted by Crippen LogP contribution is 2.35. The lowest BCUT2D eigenvalue weighted by Crippen LogP contribution is -2.56. The smallest absolute Gasteiger partial charge is 0.256 e. The highest BCUT2D eigenvalue weighted by atomic mass is 16.5. The number of aromatic nitrogens is 2. The van der Waals surface area contributed by atoms with Gasteiger partial charge in [-0.2, -0.15) is 0 Å². The number of para-hydroxylation sites is 1. The number of rotatable bonds is 4. The third-order valence-corrected chi connectivity index (χ3v) is 5.40. The van der Waals surface area contributed by atoms with Crippen molar-refractivity contribution in [2.24, 2.45) is 0 Å². The Morgan fingerprint density at radius 3 is 2.70 bits per heavy atom. The summed E-state index contributed by atoms with van der Waals surface area (Å²) in [5.41, 5.74) is 2.58. The van der Waals surface area contributed by atoms with E-state index in [4.69, 9.17) is 4.74 Å². The number of fused-ring (bicyclic) bond motifs is 1. The van der Waals surface area contributed by atoms with E-state index in [1.165, 1.54) is 0 Å². The van der Waals surface area contributed by atoms with Crippen molar-refractivity contribution in [1.82, 2.24) is 14.5 Å². The van der Waals surface area contributed by atoms with Gasteiger partial charge in [-0.25, -0.2) is 0 Å². The van der Waals surface area contributed by atoms with E-state index in [2.05, 4.69) is 4.98 Å². The number of carbonyl (C=O) groups is 1. The molecule has 1 amide bonds. The second kappa shape index (κ2) is 6.01. The number of aromatic amines is 1. The van der Waals surface area contributed by atoms with Crippen LogP contribution in [0.2, 0.25) is 0 Å². The fourth-order valence-electron chi connectivity index (χ4n) is 3.84. The molecule has 6 heteroatoms. The minimum atomic E-state index is -0.0743. The van der Waals surface area contributed by atoms with E-state index >= 15 is 0 Å². The first kappa shape index (κ1) is 16.2. The Labute approximate surface area is 156 Å². The zero-order valence-corrected chi connectivity index (χ0v) is 15.1. The van der Waals surface area contributed by atoms with Crippen LogP contribution >= 0.6 is 0 Å². The van der Waals surface area contributed by atoms with Crippen molar-refractivity contribution in [1.29, 1.82) is 0 Å². The van der Waals surface area contributed by atoms with Crippen LogP contribution in [-0.2, 0) is 0 Å². The molecule has 2 fully saturated rings. The first-order chi connectivity index (χ1) is 13.1. The standard InChI is InChI=1S/C21H21N3O3/c1-13-8-15(9-20(25)24(13)14-6-7-14)27-16-11-23(12-16)21(26)18-10-22-19-5-3-2-4-17(18)19/h2-5,8-10,14,16,22H,6-7,11-12H2,1H3. The maximum absolute atomic E-state index is 12.7. The summed E-state index contributed by atoms with van der Waals surface area (Å²) < 4.78 is 7.79. The minimum Gasteiger partial charge on any atom is -0.486 e. The van der Waals surface area contributed by atoms with Crippen LogP contribution in [0.25, 0.3) is 10.9 Å². The molecule has 0 unspecified atom stereocenters. The normalized spacial score (nSPS) is 17.1. The Morgan fingerprint density at radius 1 is 1.19 bits per heavy atom. The Kier molecular flexibility index (Phi) is 3.60. The number of nitrogens with one attached hydrogen (secondary N) is 1. The number of carbonyl (C=O) groups excluding carboxylic acids is 1. The van der Waals surface area contributed by atoms with Crippen LogP contribution in [0, 0.1) is 6.92 Å². The number of H-pyrrole nitrogens is 1. The van der Waals surface area contributed by atoms with E-state index in [0.717, 1.165) is 29.4 Å². The van der Waals surface area contributed by atoms with Crippen LogP contribution in [0.5, 0.6) is 5.75 Å². The zero-order chi connectivity index (χ0) is 18.5. The van der Waals surface area contributed by atoms with Gasteiger partial charge in [-0.3, -0.25) is 9.59 Å². The number of benzene rings is 1. The van der Waals surface area contributed by atoms with Crippen LogP contribution in [0.3, 0.4) is 0 Å². The SMILES string of the molecule is Cc1cc(OC2CN(C(=O)c3c[nH]c4ccccc34)C2)cc(=O)n1C1CC1. The quantitative estimate of drug-likeness (QED) is 0.775. The van der Waals surface area contributed by atoms with E-state index in [1.807, 2.05) is 41.8 Å². The van der Waals surface area contributed by atoms with E-state index in [1.54, 1.807) is 17.2 Å². The second-order valence-corrected chi connectivity index (χ2v) is 7.47. The molecule has 27 heavy (non-hydrogen) atoms. The van der Waals surface area contributed by atoms with Gasteiger partial charge in [0.2, 0.25) is 0 Å². The Morgan fingerprint density at radius 2 is 1.96 bits per heavy atom. The summed E-state index contributed by atoms with van der Waals surface area (Å²) >= 11 is 0. The summed E-state index contributed by atoms with van der Waals surface area (Å²) in [6.45, 7) is 3.01. The molecule has 2 aliphatic rings. The van der Waals surface area contributed by atoms with Crippen molar-refractivity contribution in [3.63, 3.8) is 0 Å². The van der Waals surface area contributed by atoms with Crippen molar-refractivity contribution in [3.05, 3.63) is 64.2 Å². The van der Waals surface area contributed by atoms with Gasteiger partial charge >= 0.3 is 0 Å². The first-order valence-corrected chi connectivity index (χ1v) is 9.35. The summed E-state index contributed by atoms with van der Waals surface area (Å²) in [5, 5.41) is 0.936. The number of hydrogen-bond donors (Lipinski definition) is 1. The third kappa shape index (κ3) is 2.81.